The highest BCUT2D eigenvalue weighted by atomic mass is 16.5. The maximum Gasteiger partial charge on any atom is 0.233 e. The third kappa shape index (κ3) is 3.75. The van der Waals surface area contributed by atoms with Crippen molar-refractivity contribution in [2.24, 2.45) is 0 Å². The smallest absolute Gasteiger partial charge is 0.233 e. The van der Waals surface area contributed by atoms with E-state index in [1.54, 1.807) is 7.11 Å². The molecular formula is C13H23N3O3. The Morgan fingerprint density at radius 3 is 3.05 bits per heavy atom. The molecule has 1 saturated heterocycles. The van der Waals surface area contributed by atoms with Crippen LogP contribution in [0.5, 0.6) is 0 Å². The molecule has 0 bridgehead atoms. The zero-order chi connectivity index (χ0) is 13.7. The Hall–Kier alpha value is -0.980. The highest BCUT2D eigenvalue weighted by Gasteiger charge is 2.33. The zero-order valence-electron chi connectivity index (χ0n) is 11.9. The second kappa shape index (κ2) is 6.98. The van der Waals surface area contributed by atoms with Crippen molar-refractivity contribution in [2.45, 2.75) is 44.8 Å². The van der Waals surface area contributed by atoms with E-state index in [-0.39, 0.29) is 18.1 Å². The summed E-state index contributed by atoms with van der Waals surface area (Å²) >= 11 is 0. The van der Waals surface area contributed by atoms with Gasteiger partial charge in [-0.3, -0.25) is 0 Å². The minimum atomic E-state index is 0.0966. The molecule has 1 N–H and O–H groups in total. The summed E-state index contributed by atoms with van der Waals surface area (Å²) < 4.78 is 16.1. The Balaban J connectivity index is 1.96. The lowest BCUT2D eigenvalue weighted by Crippen LogP contribution is -2.35. The summed E-state index contributed by atoms with van der Waals surface area (Å²) in [5.41, 5.74) is 0. The Bertz CT molecular complexity index is 383. The van der Waals surface area contributed by atoms with Crippen LogP contribution < -0.4 is 5.32 Å². The van der Waals surface area contributed by atoms with Gasteiger partial charge in [-0.1, -0.05) is 12.1 Å². The monoisotopic (exact) mass is 269 g/mol. The molecular weight excluding hydrogens is 246 g/mol. The summed E-state index contributed by atoms with van der Waals surface area (Å²) in [4.78, 5) is 4.46. The molecule has 2 rings (SSSR count). The van der Waals surface area contributed by atoms with Crippen LogP contribution in [-0.4, -0.2) is 49.2 Å². The normalized spacial score (nSPS) is 24.8. The minimum Gasteiger partial charge on any atom is -0.381 e. The first-order valence-corrected chi connectivity index (χ1v) is 6.91. The first kappa shape index (κ1) is 14.4. The topological polar surface area (TPSA) is 69.4 Å². The maximum atomic E-state index is 5.52. The van der Waals surface area contributed by atoms with E-state index in [9.17, 15) is 0 Å². The van der Waals surface area contributed by atoms with Gasteiger partial charge in [-0.2, -0.15) is 4.98 Å². The van der Waals surface area contributed by atoms with E-state index in [0.717, 1.165) is 13.0 Å². The van der Waals surface area contributed by atoms with Crippen molar-refractivity contribution in [3.05, 3.63) is 11.7 Å². The number of nitrogens with zero attached hydrogens (tertiary/aromatic N) is 2. The number of methoxy groups -OCH3 is 1. The highest BCUT2D eigenvalue weighted by Crippen LogP contribution is 2.24. The SMILES string of the molecule is CCCNC1COCC1c1nc(CC(C)OC)no1. The summed E-state index contributed by atoms with van der Waals surface area (Å²) in [5.74, 6) is 1.53. The molecule has 19 heavy (non-hydrogen) atoms. The van der Waals surface area contributed by atoms with E-state index in [0.29, 0.717) is 31.3 Å². The van der Waals surface area contributed by atoms with Crippen LogP contribution in [0.15, 0.2) is 4.52 Å². The van der Waals surface area contributed by atoms with Gasteiger partial charge in [0.25, 0.3) is 0 Å². The van der Waals surface area contributed by atoms with Crippen LogP contribution in [0.25, 0.3) is 0 Å². The van der Waals surface area contributed by atoms with Crippen LogP contribution in [0.1, 0.15) is 37.9 Å². The highest BCUT2D eigenvalue weighted by molar-refractivity contribution is 5.02. The van der Waals surface area contributed by atoms with Gasteiger partial charge in [0.15, 0.2) is 5.82 Å². The molecule has 3 unspecified atom stereocenters. The van der Waals surface area contributed by atoms with Crippen molar-refractivity contribution in [3.63, 3.8) is 0 Å². The van der Waals surface area contributed by atoms with E-state index >= 15 is 0 Å². The van der Waals surface area contributed by atoms with E-state index in [2.05, 4.69) is 22.4 Å². The fraction of sp³-hybridized carbons (Fsp3) is 0.846. The lowest BCUT2D eigenvalue weighted by atomic mass is 10.0. The molecule has 3 atom stereocenters. The van der Waals surface area contributed by atoms with E-state index in [4.69, 9.17) is 14.0 Å². The molecule has 0 aliphatic carbocycles. The third-order valence-corrected chi connectivity index (χ3v) is 3.41. The summed E-state index contributed by atoms with van der Waals surface area (Å²) in [7, 11) is 1.68. The molecule has 0 radical (unpaired) electrons. The molecule has 1 aromatic heterocycles. The van der Waals surface area contributed by atoms with Gasteiger partial charge in [-0.25, -0.2) is 0 Å². The number of nitrogens with one attached hydrogen (secondary N) is 1. The Kier molecular flexibility index (Phi) is 5.30. The first-order valence-electron chi connectivity index (χ1n) is 6.91. The molecule has 6 heteroatoms. The van der Waals surface area contributed by atoms with Crippen LogP contribution in [-0.2, 0) is 15.9 Å². The van der Waals surface area contributed by atoms with Crippen LogP contribution in [0.4, 0.5) is 0 Å². The molecule has 1 aromatic rings. The van der Waals surface area contributed by atoms with Crippen LogP contribution >= 0.6 is 0 Å². The van der Waals surface area contributed by atoms with Crippen molar-refractivity contribution >= 4 is 0 Å². The summed E-state index contributed by atoms with van der Waals surface area (Å²) in [6.07, 6.45) is 1.86. The predicted octanol–water partition coefficient (Wildman–Crippen LogP) is 1.13. The second-order valence-corrected chi connectivity index (χ2v) is 5.00. The van der Waals surface area contributed by atoms with Gasteiger partial charge in [-0.05, 0) is 19.9 Å². The Morgan fingerprint density at radius 1 is 1.47 bits per heavy atom. The molecule has 2 heterocycles. The molecule has 6 nitrogen and oxygen atoms in total. The van der Waals surface area contributed by atoms with Crippen LogP contribution in [0.3, 0.4) is 0 Å². The van der Waals surface area contributed by atoms with Crippen molar-refractivity contribution in [1.82, 2.24) is 15.5 Å². The lowest BCUT2D eigenvalue weighted by Gasteiger charge is -2.15. The number of hydrogen-bond donors (Lipinski definition) is 1. The largest absolute Gasteiger partial charge is 0.381 e. The molecule has 108 valence electrons. The average molecular weight is 269 g/mol. The van der Waals surface area contributed by atoms with E-state index in [1.165, 1.54) is 0 Å². The van der Waals surface area contributed by atoms with Gasteiger partial charge in [-0.15, -0.1) is 0 Å². The lowest BCUT2D eigenvalue weighted by molar-refractivity contribution is 0.116. The molecule has 1 aliphatic heterocycles. The summed E-state index contributed by atoms with van der Waals surface area (Å²) in [6.45, 7) is 6.46. The second-order valence-electron chi connectivity index (χ2n) is 5.00. The van der Waals surface area contributed by atoms with Gasteiger partial charge in [0.05, 0.1) is 25.2 Å². The van der Waals surface area contributed by atoms with Gasteiger partial charge < -0.3 is 19.3 Å². The van der Waals surface area contributed by atoms with Gasteiger partial charge in [0.1, 0.15) is 0 Å². The molecule has 0 amide bonds. The molecule has 0 spiro atoms. The zero-order valence-corrected chi connectivity index (χ0v) is 11.9. The van der Waals surface area contributed by atoms with E-state index in [1.807, 2.05) is 6.92 Å². The standard InChI is InChI=1S/C13H23N3O3/c1-4-5-14-11-8-18-7-10(11)13-15-12(16-19-13)6-9(2)17-3/h9-11,14H,4-8H2,1-3H3. The van der Waals surface area contributed by atoms with Crippen molar-refractivity contribution in [3.8, 4) is 0 Å². The Labute approximate surface area is 113 Å². The summed E-state index contributed by atoms with van der Waals surface area (Å²) in [5, 5.41) is 7.48. The molecule has 0 aromatic carbocycles. The third-order valence-electron chi connectivity index (χ3n) is 3.41. The predicted molar refractivity (Wildman–Crippen MR) is 70.1 cm³/mol. The number of hydrogen-bond acceptors (Lipinski definition) is 6. The minimum absolute atomic E-state index is 0.0966. The molecule has 1 aliphatic rings. The van der Waals surface area contributed by atoms with Crippen molar-refractivity contribution < 1.29 is 14.0 Å². The molecule has 0 saturated carbocycles. The first-order chi connectivity index (χ1) is 9.24. The fourth-order valence-corrected chi connectivity index (χ4v) is 2.17. The quantitative estimate of drug-likeness (QED) is 0.800. The van der Waals surface area contributed by atoms with Gasteiger partial charge in [0.2, 0.25) is 5.89 Å². The maximum absolute atomic E-state index is 5.52. The molecule has 1 fully saturated rings. The van der Waals surface area contributed by atoms with Gasteiger partial charge in [0, 0.05) is 19.6 Å². The van der Waals surface area contributed by atoms with Crippen LogP contribution in [0.2, 0.25) is 0 Å². The van der Waals surface area contributed by atoms with Gasteiger partial charge >= 0.3 is 0 Å². The van der Waals surface area contributed by atoms with Crippen LogP contribution in [0, 0.1) is 0 Å². The fourth-order valence-electron chi connectivity index (χ4n) is 2.17. The summed E-state index contributed by atoms with van der Waals surface area (Å²) in [6, 6.07) is 0.271. The van der Waals surface area contributed by atoms with Crippen molar-refractivity contribution in [1.29, 1.82) is 0 Å². The Morgan fingerprint density at radius 2 is 2.32 bits per heavy atom. The number of aromatic nitrogens is 2. The average Bonchev–Trinajstić information content (AvgIpc) is 3.04. The number of ether oxygens (including phenoxy) is 2. The van der Waals surface area contributed by atoms with Crippen molar-refractivity contribution in [2.75, 3.05) is 26.9 Å². The van der Waals surface area contributed by atoms with E-state index < -0.39 is 0 Å². The number of rotatable bonds is 7.